The third-order valence-electron chi connectivity index (χ3n) is 3.50. The molecule has 1 aromatic heterocycles. The zero-order valence-electron chi connectivity index (χ0n) is 11.5. The van der Waals surface area contributed by atoms with Crippen molar-refractivity contribution in [3.05, 3.63) is 30.1 Å². The number of methoxy groups -OCH3 is 1. The highest BCUT2D eigenvalue weighted by molar-refractivity contribution is 5.92. The van der Waals surface area contributed by atoms with Crippen molar-refractivity contribution in [3.8, 4) is 0 Å². The molecule has 2 amide bonds. The van der Waals surface area contributed by atoms with Crippen LogP contribution in [-0.4, -0.2) is 48.6 Å². The predicted molar refractivity (Wildman–Crippen MR) is 73.3 cm³/mol. The molecule has 0 unspecified atom stereocenters. The maximum atomic E-state index is 11.8. The number of amides is 2. The molecule has 1 aromatic rings. The van der Waals surface area contributed by atoms with Gasteiger partial charge in [-0.25, -0.2) is 4.79 Å². The van der Waals surface area contributed by atoms with Gasteiger partial charge >= 0.3 is 6.09 Å². The van der Waals surface area contributed by atoms with E-state index < -0.39 is 0 Å². The fraction of sp³-hybridized carbons (Fsp3) is 0.500. The fourth-order valence-electron chi connectivity index (χ4n) is 2.27. The summed E-state index contributed by atoms with van der Waals surface area (Å²) in [5, 5.41) is 2.89. The minimum absolute atomic E-state index is 0.152. The maximum absolute atomic E-state index is 11.8. The molecular formula is C14H19N3O3. The number of piperidine rings is 1. The van der Waals surface area contributed by atoms with Gasteiger partial charge in [0.1, 0.15) is 5.69 Å². The zero-order chi connectivity index (χ0) is 14.4. The van der Waals surface area contributed by atoms with E-state index in [9.17, 15) is 9.59 Å². The Balaban J connectivity index is 1.74. The topological polar surface area (TPSA) is 71.5 Å². The molecule has 1 N–H and O–H groups in total. The molecular weight excluding hydrogens is 258 g/mol. The van der Waals surface area contributed by atoms with Gasteiger partial charge in [-0.2, -0.15) is 0 Å². The molecule has 1 saturated heterocycles. The van der Waals surface area contributed by atoms with Crippen molar-refractivity contribution in [3.63, 3.8) is 0 Å². The van der Waals surface area contributed by atoms with Gasteiger partial charge in [-0.3, -0.25) is 9.78 Å². The Morgan fingerprint density at radius 2 is 2.15 bits per heavy atom. The minimum atomic E-state index is -0.277. The molecule has 20 heavy (non-hydrogen) atoms. The number of nitrogens with zero attached hydrogens (tertiary/aromatic N) is 2. The number of pyridine rings is 1. The van der Waals surface area contributed by atoms with E-state index in [0.29, 0.717) is 31.2 Å². The van der Waals surface area contributed by atoms with Gasteiger partial charge in [0, 0.05) is 25.8 Å². The average molecular weight is 277 g/mol. The van der Waals surface area contributed by atoms with Gasteiger partial charge in [-0.15, -0.1) is 0 Å². The van der Waals surface area contributed by atoms with Crippen LogP contribution in [0.2, 0.25) is 0 Å². The van der Waals surface area contributed by atoms with Crippen molar-refractivity contribution in [2.75, 3.05) is 26.7 Å². The monoisotopic (exact) mass is 277 g/mol. The number of carbonyl (C=O) groups is 2. The van der Waals surface area contributed by atoms with Crippen LogP contribution in [0.3, 0.4) is 0 Å². The van der Waals surface area contributed by atoms with E-state index >= 15 is 0 Å². The SMILES string of the molecule is COC(=O)N1CCC(CNC(=O)c2ccccn2)CC1. The zero-order valence-corrected chi connectivity index (χ0v) is 11.5. The fourth-order valence-corrected chi connectivity index (χ4v) is 2.27. The highest BCUT2D eigenvalue weighted by Crippen LogP contribution is 2.16. The molecule has 0 aromatic carbocycles. The molecule has 0 radical (unpaired) electrons. The molecule has 0 spiro atoms. The van der Waals surface area contributed by atoms with Crippen LogP contribution < -0.4 is 5.32 Å². The summed E-state index contributed by atoms with van der Waals surface area (Å²) in [6.45, 7) is 1.97. The maximum Gasteiger partial charge on any atom is 0.409 e. The molecule has 6 nitrogen and oxygen atoms in total. The summed E-state index contributed by atoms with van der Waals surface area (Å²) in [5.74, 6) is 0.240. The Hall–Kier alpha value is -2.11. The normalized spacial score (nSPS) is 15.8. The number of likely N-dealkylation sites (tertiary alicyclic amines) is 1. The van der Waals surface area contributed by atoms with Crippen molar-refractivity contribution >= 4 is 12.0 Å². The molecule has 2 heterocycles. The van der Waals surface area contributed by atoms with Crippen molar-refractivity contribution < 1.29 is 14.3 Å². The molecule has 1 aliphatic rings. The second-order valence-corrected chi connectivity index (χ2v) is 4.83. The largest absolute Gasteiger partial charge is 0.453 e. The summed E-state index contributed by atoms with van der Waals surface area (Å²) < 4.78 is 4.69. The Labute approximate surface area is 118 Å². The van der Waals surface area contributed by atoms with Crippen molar-refractivity contribution in [2.24, 2.45) is 5.92 Å². The van der Waals surface area contributed by atoms with E-state index in [-0.39, 0.29) is 12.0 Å². The van der Waals surface area contributed by atoms with Crippen LogP contribution in [0.1, 0.15) is 23.3 Å². The third-order valence-corrected chi connectivity index (χ3v) is 3.50. The van der Waals surface area contributed by atoms with Crippen molar-refractivity contribution in [2.45, 2.75) is 12.8 Å². The molecule has 108 valence electrons. The Kier molecular flexibility index (Phi) is 4.92. The Morgan fingerprint density at radius 3 is 2.75 bits per heavy atom. The van der Waals surface area contributed by atoms with Crippen LogP contribution in [-0.2, 0) is 4.74 Å². The lowest BCUT2D eigenvalue weighted by molar-refractivity contribution is 0.0910. The average Bonchev–Trinajstić information content (AvgIpc) is 2.53. The van der Waals surface area contributed by atoms with Crippen LogP contribution in [0.25, 0.3) is 0 Å². The summed E-state index contributed by atoms with van der Waals surface area (Å²) in [4.78, 5) is 28.9. The molecule has 1 aliphatic heterocycles. The molecule has 0 bridgehead atoms. The highest BCUT2D eigenvalue weighted by Gasteiger charge is 2.23. The van der Waals surface area contributed by atoms with E-state index in [4.69, 9.17) is 0 Å². The number of ether oxygens (including phenoxy) is 1. The van der Waals surface area contributed by atoms with Crippen molar-refractivity contribution in [1.82, 2.24) is 15.2 Å². The first-order valence-corrected chi connectivity index (χ1v) is 6.73. The number of aromatic nitrogens is 1. The number of rotatable bonds is 3. The summed E-state index contributed by atoms with van der Waals surface area (Å²) in [5.41, 5.74) is 0.430. The van der Waals surface area contributed by atoms with Crippen LogP contribution >= 0.6 is 0 Å². The second-order valence-electron chi connectivity index (χ2n) is 4.83. The summed E-state index contributed by atoms with van der Waals surface area (Å²) in [6.07, 6.45) is 3.07. The second kappa shape index (κ2) is 6.88. The third kappa shape index (κ3) is 3.69. The van der Waals surface area contributed by atoms with E-state index in [2.05, 4.69) is 15.0 Å². The van der Waals surface area contributed by atoms with Gasteiger partial charge < -0.3 is 15.0 Å². The van der Waals surface area contributed by atoms with Gasteiger partial charge in [0.05, 0.1) is 7.11 Å². The van der Waals surface area contributed by atoms with Gasteiger partial charge in [-0.1, -0.05) is 6.07 Å². The molecule has 0 saturated carbocycles. The lowest BCUT2D eigenvalue weighted by atomic mass is 9.97. The van der Waals surface area contributed by atoms with Crippen molar-refractivity contribution in [1.29, 1.82) is 0 Å². The lowest BCUT2D eigenvalue weighted by Gasteiger charge is -2.30. The predicted octanol–water partition coefficient (Wildman–Crippen LogP) is 1.29. The Morgan fingerprint density at radius 1 is 1.40 bits per heavy atom. The van der Waals surface area contributed by atoms with E-state index in [1.807, 2.05) is 0 Å². The van der Waals surface area contributed by atoms with Gasteiger partial charge in [-0.05, 0) is 30.9 Å². The number of carbonyl (C=O) groups excluding carboxylic acids is 2. The minimum Gasteiger partial charge on any atom is -0.453 e. The first-order valence-electron chi connectivity index (χ1n) is 6.73. The lowest BCUT2D eigenvalue weighted by Crippen LogP contribution is -2.41. The first-order chi connectivity index (χ1) is 9.70. The highest BCUT2D eigenvalue weighted by atomic mass is 16.5. The van der Waals surface area contributed by atoms with E-state index in [1.165, 1.54) is 7.11 Å². The Bertz CT molecular complexity index is 456. The number of hydrogen-bond acceptors (Lipinski definition) is 4. The summed E-state index contributed by atoms with van der Waals surface area (Å²) >= 11 is 0. The standard InChI is InChI=1S/C14H19N3O3/c1-20-14(19)17-8-5-11(6-9-17)10-16-13(18)12-4-2-3-7-15-12/h2-4,7,11H,5-6,8-10H2,1H3,(H,16,18). The van der Waals surface area contributed by atoms with Crippen LogP contribution in [0, 0.1) is 5.92 Å². The molecule has 0 aliphatic carbocycles. The smallest absolute Gasteiger partial charge is 0.409 e. The summed E-state index contributed by atoms with van der Waals surface area (Å²) in [7, 11) is 1.39. The van der Waals surface area contributed by atoms with Crippen LogP contribution in [0.4, 0.5) is 4.79 Å². The van der Waals surface area contributed by atoms with Crippen LogP contribution in [0.5, 0.6) is 0 Å². The quantitative estimate of drug-likeness (QED) is 0.903. The van der Waals surface area contributed by atoms with E-state index in [1.54, 1.807) is 29.3 Å². The van der Waals surface area contributed by atoms with Gasteiger partial charge in [0.25, 0.3) is 5.91 Å². The molecule has 1 fully saturated rings. The first kappa shape index (κ1) is 14.3. The van der Waals surface area contributed by atoms with Gasteiger partial charge in [0.2, 0.25) is 0 Å². The molecule has 0 atom stereocenters. The van der Waals surface area contributed by atoms with Crippen LogP contribution in [0.15, 0.2) is 24.4 Å². The van der Waals surface area contributed by atoms with E-state index in [0.717, 1.165) is 12.8 Å². The van der Waals surface area contributed by atoms with Gasteiger partial charge in [0.15, 0.2) is 0 Å². The molecule has 6 heteroatoms. The summed E-state index contributed by atoms with van der Waals surface area (Å²) in [6, 6.07) is 5.26. The number of hydrogen-bond donors (Lipinski definition) is 1. The molecule has 2 rings (SSSR count). The number of nitrogens with one attached hydrogen (secondary N) is 1.